The van der Waals surface area contributed by atoms with Gasteiger partial charge in [-0.3, -0.25) is 0 Å². The highest BCUT2D eigenvalue weighted by Gasteiger charge is 2.39. The van der Waals surface area contributed by atoms with Crippen LogP contribution in [0.5, 0.6) is 0 Å². The van der Waals surface area contributed by atoms with Gasteiger partial charge in [0.25, 0.3) is 0 Å². The first-order valence-electron chi connectivity index (χ1n) is 21.8. The molecule has 0 saturated heterocycles. The minimum Gasteiger partial charge on any atom is -0.310 e. The smallest absolute Gasteiger partial charge is 0.0775 e. The van der Waals surface area contributed by atoms with Crippen LogP contribution in [-0.2, 0) is 5.41 Å². The summed E-state index contributed by atoms with van der Waals surface area (Å²) in [5.74, 6) is 0. The lowest BCUT2D eigenvalue weighted by Crippen LogP contribution is -2.37. The molecule has 0 saturated carbocycles. The Morgan fingerprint density at radius 2 is 0.820 bits per heavy atom. The molecule has 0 aliphatic heterocycles. The molecule has 0 heterocycles. The van der Waals surface area contributed by atoms with E-state index in [0.717, 1.165) is 22.7 Å². The van der Waals surface area contributed by atoms with E-state index in [2.05, 4.69) is 245 Å². The van der Waals surface area contributed by atoms with Crippen molar-refractivity contribution >= 4 is 93.0 Å². The van der Waals surface area contributed by atoms with Crippen molar-refractivity contribution in [1.82, 2.24) is 0 Å². The molecule has 0 radical (unpaired) electrons. The zero-order chi connectivity index (χ0) is 42.3. The molecule has 9 aromatic carbocycles. The Balaban J connectivity index is 1.13. The Morgan fingerprint density at radius 1 is 0.361 bits per heavy atom. The molecular weight excluding hydrogens is 769 g/mol. The largest absolute Gasteiger partial charge is 0.310 e. The Bertz CT molecular complexity index is 3100. The zero-order valence-corrected chi connectivity index (χ0v) is 38.7. The predicted molar refractivity (Wildman–Crippen MR) is 272 cm³/mol. The summed E-state index contributed by atoms with van der Waals surface area (Å²) in [4.78, 5) is 4.82. The van der Waals surface area contributed by atoms with Gasteiger partial charge in [-0.2, -0.15) is 0 Å². The van der Waals surface area contributed by atoms with Crippen LogP contribution >= 0.6 is 0 Å². The molecular formula is C57H54N2Si2. The molecule has 9 aromatic rings. The van der Waals surface area contributed by atoms with Gasteiger partial charge < -0.3 is 9.80 Å². The number of anilines is 6. The average molecular weight is 823 g/mol. The highest BCUT2D eigenvalue weighted by Crippen LogP contribution is 2.56. The lowest BCUT2D eigenvalue weighted by atomic mass is 9.79. The van der Waals surface area contributed by atoms with Gasteiger partial charge in [-0.1, -0.05) is 161 Å². The number of nitrogens with zero attached hydrogens (tertiary/aromatic N) is 2. The highest BCUT2D eigenvalue weighted by atomic mass is 28.3. The Kier molecular flexibility index (Phi) is 9.24. The van der Waals surface area contributed by atoms with Crippen LogP contribution in [0.1, 0.15) is 25.0 Å². The summed E-state index contributed by atoms with van der Waals surface area (Å²) in [7, 11) is -2.88. The molecule has 61 heavy (non-hydrogen) atoms. The van der Waals surface area contributed by atoms with E-state index in [1.165, 1.54) is 76.3 Å². The van der Waals surface area contributed by atoms with E-state index in [-0.39, 0.29) is 5.41 Å². The fourth-order valence-corrected chi connectivity index (χ4v) is 12.1. The third-order valence-corrected chi connectivity index (χ3v) is 17.2. The molecule has 10 rings (SSSR count). The van der Waals surface area contributed by atoms with Crippen molar-refractivity contribution in [3.63, 3.8) is 0 Å². The number of hydrogen-bond donors (Lipinski definition) is 0. The second kappa shape index (κ2) is 14.5. The topological polar surface area (TPSA) is 6.48 Å². The normalized spacial score (nSPS) is 13.4. The lowest BCUT2D eigenvalue weighted by molar-refractivity contribution is 0.667. The summed E-state index contributed by atoms with van der Waals surface area (Å²) in [5.41, 5.74) is 12.3. The second-order valence-corrected chi connectivity index (χ2v) is 29.7. The first-order valence-corrected chi connectivity index (χ1v) is 28.8. The van der Waals surface area contributed by atoms with Crippen molar-refractivity contribution in [2.24, 2.45) is 0 Å². The van der Waals surface area contributed by atoms with Gasteiger partial charge in [0.2, 0.25) is 0 Å². The maximum absolute atomic E-state index is 2.49. The molecule has 0 bridgehead atoms. The molecule has 0 unspecified atom stereocenters. The van der Waals surface area contributed by atoms with Gasteiger partial charge in [0, 0.05) is 39.5 Å². The van der Waals surface area contributed by atoms with E-state index >= 15 is 0 Å². The fourth-order valence-electron chi connectivity index (χ4n) is 9.80. The standard InChI is InChI=1S/C57H54N2Si2/c1-57(2)54-37-40-35-45(58(41-17-11-9-12-18-41)43-25-30-47(31-26-43)60(3,4)5)24-23-39(40)36-53(54)55-50-22-16-15-21-49(50)52-38-46(29-34-51(52)56(55)57)59(42-19-13-10-14-20-42)44-27-32-48(33-28-44)61(6,7)8/h9-38H,1-8H3. The summed E-state index contributed by atoms with van der Waals surface area (Å²) in [6.07, 6.45) is 0. The average Bonchev–Trinajstić information content (AvgIpc) is 3.49. The van der Waals surface area contributed by atoms with Crippen molar-refractivity contribution < 1.29 is 0 Å². The van der Waals surface area contributed by atoms with Crippen molar-refractivity contribution in [3.8, 4) is 11.1 Å². The lowest BCUT2D eigenvalue weighted by Gasteiger charge is -2.28. The van der Waals surface area contributed by atoms with Crippen molar-refractivity contribution in [2.75, 3.05) is 9.80 Å². The molecule has 300 valence electrons. The fraction of sp³-hybridized carbons (Fsp3) is 0.158. The molecule has 0 spiro atoms. The van der Waals surface area contributed by atoms with E-state index in [1.54, 1.807) is 0 Å². The Hall–Kier alpha value is -6.21. The molecule has 0 amide bonds. The first kappa shape index (κ1) is 39.0. The molecule has 1 aliphatic rings. The van der Waals surface area contributed by atoms with Crippen molar-refractivity contribution in [2.45, 2.75) is 58.5 Å². The maximum atomic E-state index is 2.49. The van der Waals surface area contributed by atoms with E-state index in [4.69, 9.17) is 0 Å². The van der Waals surface area contributed by atoms with Gasteiger partial charge in [0.1, 0.15) is 0 Å². The zero-order valence-electron chi connectivity index (χ0n) is 36.7. The maximum Gasteiger partial charge on any atom is 0.0775 e. The minimum absolute atomic E-state index is 0.226. The van der Waals surface area contributed by atoms with Crippen LogP contribution in [-0.4, -0.2) is 16.1 Å². The van der Waals surface area contributed by atoms with Gasteiger partial charge >= 0.3 is 0 Å². The van der Waals surface area contributed by atoms with Crippen LogP contribution in [0.2, 0.25) is 39.3 Å². The summed E-state index contributed by atoms with van der Waals surface area (Å²) in [6, 6.07) is 68.4. The van der Waals surface area contributed by atoms with Crippen LogP contribution in [0.15, 0.2) is 182 Å². The number of rotatable bonds is 8. The molecule has 0 N–H and O–H groups in total. The third kappa shape index (κ3) is 6.70. The first-order chi connectivity index (χ1) is 29.3. The summed E-state index contributed by atoms with van der Waals surface area (Å²) >= 11 is 0. The van der Waals surface area contributed by atoms with Gasteiger partial charge in [-0.25, -0.2) is 0 Å². The number of fused-ring (bicyclic) bond motifs is 9. The molecule has 0 aromatic heterocycles. The quantitative estimate of drug-likeness (QED) is 0.111. The number of hydrogen-bond acceptors (Lipinski definition) is 2. The van der Waals surface area contributed by atoms with Crippen molar-refractivity contribution in [1.29, 1.82) is 0 Å². The van der Waals surface area contributed by atoms with Gasteiger partial charge in [0.15, 0.2) is 0 Å². The number of para-hydroxylation sites is 2. The van der Waals surface area contributed by atoms with Gasteiger partial charge in [-0.15, -0.1) is 0 Å². The van der Waals surface area contributed by atoms with E-state index in [1.807, 2.05) is 0 Å². The van der Waals surface area contributed by atoms with E-state index in [9.17, 15) is 0 Å². The predicted octanol–water partition coefficient (Wildman–Crippen LogP) is 15.5. The Morgan fingerprint density at radius 3 is 1.36 bits per heavy atom. The molecule has 0 atom stereocenters. The molecule has 2 nitrogen and oxygen atoms in total. The molecule has 4 heteroatoms. The second-order valence-electron chi connectivity index (χ2n) is 19.5. The van der Waals surface area contributed by atoms with Crippen molar-refractivity contribution in [3.05, 3.63) is 193 Å². The van der Waals surface area contributed by atoms with Gasteiger partial charge in [0.05, 0.1) is 16.1 Å². The summed E-state index contributed by atoms with van der Waals surface area (Å²) < 4.78 is 0. The third-order valence-electron chi connectivity index (χ3n) is 13.1. The van der Waals surface area contributed by atoms with Crippen LogP contribution in [0.25, 0.3) is 43.4 Å². The SMILES string of the molecule is CC1(C)c2cc3cc(N(c4ccccc4)c4ccc([Si](C)(C)C)cc4)ccc3cc2-c2c1c1ccc(N(c3ccccc3)c3ccc([Si](C)(C)C)cc3)cc1c1ccccc21. The van der Waals surface area contributed by atoms with Crippen LogP contribution < -0.4 is 20.2 Å². The van der Waals surface area contributed by atoms with E-state index in [0.29, 0.717) is 0 Å². The summed E-state index contributed by atoms with van der Waals surface area (Å²) in [5, 5.41) is 10.7. The summed E-state index contributed by atoms with van der Waals surface area (Å²) in [6.45, 7) is 19.3. The molecule has 1 aliphatic carbocycles. The van der Waals surface area contributed by atoms with E-state index < -0.39 is 16.1 Å². The van der Waals surface area contributed by atoms with Gasteiger partial charge in [-0.05, 0) is 140 Å². The van der Waals surface area contributed by atoms with Crippen LogP contribution in [0, 0.1) is 0 Å². The number of benzene rings is 9. The highest BCUT2D eigenvalue weighted by molar-refractivity contribution is 6.89. The van der Waals surface area contributed by atoms with Crippen LogP contribution in [0.4, 0.5) is 34.1 Å². The minimum atomic E-state index is -1.45. The molecule has 0 fully saturated rings. The Labute approximate surface area is 363 Å². The van der Waals surface area contributed by atoms with Crippen LogP contribution in [0.3, 0.4) is 0 Å². The monoisotopic (exact) mass is 822 g/mol.